The predicted molar refractivity (Wildman–Crippen MR) is 115 cm³/mol. The summed E-state index contributed by atoms with van der Waals surface area (Å²) in [6.45, 7) is 0. The topological polar surface area (TPSA) is 143 Å². The zero-order valence-electron chi connectivity index (χ0n) is 16.9. The molecule has 0 saturated carbocycles. The highest BCUT2D eigenvalue weighted by Gasteiger charge is 2.47. The van der Waals surface area contributed by atoms with Crippen molar-refractivity contribution in [3.63, 3.8) is 0 Å². The first kappa shape index (κ1) is 21.7. The fourth-order valence-corrected chi connectivity index (χ4v) is 6.83. The standard InChI is InChI=1S/C22H12N2O8S2/c25-19(23-21(27)15-8-1-3-10-17(15)33(23,29)30)13-6-5-7-14(12-13)20(26)24-22(28)16-9-2-4-11-18(16)34(24,31)32/h1-12H. The van der Waals surface area contributed by atoms with Gasteiger partial charge in [0.1, 0.15) is 9.79 Å². The van der Waals surface area contributed by atoms with E-state index in [9.17, 15) is 36.0 Å². The van der Waals surface area contributed by atoms with Gasteiger partial charge in [0.05, 0.1) is 11.1 Å². The Morgan fingerprint density at radius 3 is 1.32 bits per heavy atom. The molecule has 0 saturated heterocycles. The molecule has 3 aromatic rings. The molecule has 0 bridgehead atoms. The third kappa shape index (κ3) is 2.85. The molecule has 0 atom stereocenters. The van der Waals surface area contributed by atoms with Crippen molar-refractivity contribution in [2.45, 2.75) is 9.79 Å². The fraction of sp³-hybridized carbons (Fsp3) is 0. The van der Waals surface area contributed by atoms with E-state index in [-0.39, 0.29) is 40.7 Å². The van der Waals surface area contributed by atoms with Crippen LogP contribution in [0.2, 0.25) is 0 Å². The van der Waals surface area contributed by atoms with Gasteiger partial charge < -0.3 is 0 Å². The summed E-state index contributed by atoms with van der Waals surface area (Å²) >= 11 is 0. The van der Waals surface area contributed by atoms with Crippen LogP contribution in [0.25, 0.3) is 0 Å². The third-order valence-electron chi connectivity index (χ3n) is 5.37. The molecule has 0 aromatic heterocycles. The highest BCUT2D eigenvalue weighted by molar-refractivity contribution is 7.91. The molecular weight excluding hydrogens is 484 g/mol. The van der Waals surface area contributed by atoms with Gasteiger partial charge in [-0.15, -0.1) is 0 Å². The molecule has 170 valence electrons. The number of carbonyl (C=O) groups is 4. The van der Waals surface area contributed by atoms with Gasteiger partial charge in [-0.2, -0.15) is 8.61 Å². The molecule has 0 fully saturated rings. The first-order valence-electron chi connectivity index (χ1n) is 9.63. The maximum atomic E-state index is 13.0. The van der Waals surface area contributed by atoms with E-state index in [4.69, 9.17) is 0 Å². The Kier molecular flexibility index (Phi) is 4.57. The number of amides is 4. The monoisotopic (exact) mass is 496 g/mol. The maximum Gasteiger partial charge on any atom is 0.276 e. The van der Waals surface area contributed by atoms with E-state index in [1.54, 1.807) is 0 Å². The van der Waals surface area contributed by atoms with Gasteiger partial charge in [0.15, 0.2) is 0 Å². The minimum absolute atomic E-state index is 0.0921. The van der Waals surface area contributed by atoms with Crippen LogP contribution in [-0.4, -0.2) is 49.1 Å². The average Bonchev–Trinajstić information content (AvgIpc) is 3.16. The highest BCUT2D eigenvalue weighted by Crippen LogP contribution is 2.33. The molecule has 0 radical (unpaired) electrons. The maximum absolute atomic E-state index is 13.0. The fourth-order valence-electron chi connectivity index (χ4n) is 3.79. The van der Waals surface area contributed by atoms with Crippen molar-refractivity contribution in [1.82, 2.24) is 8.61 Å². The Balaban J connectivity index is 1.52. The molecule has 0 aliphatic carbocycles. The van der Waals surface area contributed by atoms with Crippen molar-refractivity contribution in [3.05, 3.63) is 95.1 Å². The number of hydrogen-bond donors (Lipinski definition) is 0. The van der Waals surface area contributed by atoms with E-state index in [1.807, 2.05) is 0 Å². The molecule has 2 heterocycles. The zero-order chi connectivity index (χ0) is 24.4. The van der Waals surface area contributed by atoms with E-state index in [1.165, 1.54) is 66.7 Å². The molecule has 12 heteroatoms. The summed E-state index contributed by atoms with van der Waals surface area (Å²) in [5, 5.41) is 0. The van der Waals surface area contributed by atoms with Crippen LogP contribution < -0.4 is 0 Å². The van der Waals surface area contributed by atoms with Crippen molar-refractivity contribution in [3.8, 4) is 0 Å². The quantitative estimate of drug-likeness (QED) is 0.488. The summed E-state index contributed by atoms with van der Waals surface area (Å²) in [7, 11) is -8.93. The summed E-state index contributed by atoms with van der Waals surface area (Å²) in [6, 6.07) is 15.1. The largest absolute Gasteiger partial charge is 0.276 e. The molecule has 3 aromatic carbocycles. The van der Waals surface area contributed by atoms with E-state index in [0.29, 0.717) is 0 Å². The predicted octanol–water partition coefficient (Wildman–Crippen LogP) is 1.66. The van der Waals surface area contributed by atoms with Crippen LogP contribution >= 0.6 is 0 Å². The van der Waals surface area contributed by atoms with Crippen LogP contribution in [0.4, 0.5) is 0 Å². The van der Waals surface area contributed by atoms with Crippen LogP contribution in [0, 0.1) is 0 Å². The number of sulfonamides is 2. The molecular formula is C22H12N2O8S2. The normalized spacial score (nSPS) is 17.4. The van der Waals surface area contributed by atoms with Crippen molar-refractivity contribution in [2.24, 2.45) is 0 Å². The SMILES string of the molecule is O=C(c1cccc(C(=O)N2C(=O)c3ccccc3S2(=O)=O)c1)N1C(=O)c2ccccc2S1(=O)=O. The van der Waals surface area contributed by atoms with Gasteiger partial charge in [0.25, 0.3) is 43.7 Å². The average molecular weight is 496 g/mol. The van der Waals surface area contributed by atoms with Crippen LogP contribution in [0.3, 0.4) is 0 Å². The molecule has 2 aliphatic heterocycles. The lowest BCUT2D eigenvalue weighted by molar-refractivity contribution is 0.0727. The van der Waals surface area contributed by atoms with E-state index >= 15 is 0 Å². The number of fused-ring (bicyclic) bond motifs is 2. The molecule has 5 rings (SSSR count). The lowest BCUT2D eigenvalue weighted by Gasteiger charge is -2.15. The minimum Gasteiger partial charge on any atom is -0.267 e. The molecule has 10 nitrogen and oxygen atoms in total. The first-order valence-corrected chi connectivity index (χ1v) is 12.5. The Bertz CT molecular complexity index is 1560. The minimum atomic E-state index is -4.47. The summed E-state index contributed by atoms with van der Waals surface area (Å²) in [6.07, 6.45) is 0. The number of benzene rings is 3. The van der Waals surface area contributed by atoms with Gasteiger partial charge in [-0.3, -0.25) is 19.2 Å². The van der Waals surface area contributed by atoms with Gasteiger partial charge in [0.2, 0.25) is 0 Å². The van der Waals surface area contributed by atoms with Crippen LogP contribution in [0.1, 0.15) is 41.4 Å². The van der Waals surface area contributed by atoms with Gasteiger partial charge in [-0.1, -0.05) is 30.3 Å². The molecule has 2 aliphatic rings. The number of nitrogens with zero attached hydrogens (tertiary/aromatic N) is 2. The van der Waals surface area contributed by atoms with Crippen LogP contribution in [-0.2, 0) is 20.0 Å². The van der Waals surface area contributed by atoms with E-state index in [2.05, 4.69) is 0 Å². The Morgan fingerprint density at radius 1 is 0.559 bits per heavy atom. The molecule has 4 amide bonds. The Morgan fingerprint density at radius 2 is 0.941 bits per heavy atom. The lowest BCUT2D eigenvalue weighted by Crippen LogP contribution is -2.37. The molecule has 0 spiro atoms. The second-order valence-electron chi connectivity index (χ2n) is 7.33. The zero-order valence-corrected chi connectivity index (χ0v) is 18.5. The van der Waals surface area contributed by atoms with Crippen molar-refractivity contribution in [1.29, 1.82) is 0 Å². The number of hydrogen-bond acceptors (Lipinski definition) is 8. The van der Waals surface area contributed by atoms with Gasteiger partial charge in [-0.05, 0) is 42.5 Å². The summed E-state index contributed by atoms with van der Waals surface area (Å²) in [5.41, 5.74) is -1.07. The summed E-state index contributed by atoms with van der Waals surface area (Å²) in [4.78, 5) is 50.7. The highest BCUT2D eigenvalue weighted by atomic mass is 32.2. The number of carbonyl (C=O) groups excluding carboxylic acids is 4. The second kappa shape index (κ2) is 7.17. The van der Waals surface area contributed by atoms with Crippen molar-refractivity contribution >= 4 is 43.7 Å². The summed E-state index contributed by atoms with van der Waals surface area (Å²) in [5.74, 6) is -4.56. The van der Waals surface area contributed by atoms with Crippen LogP contribution in [0.15, 0.2) is 82.6 Å². The summed E-state index contributed by atoms with van der Waals surface area (Å²) < 4.78 is 51.3. The lowest BCUT2D eigenvalue weighted by atomic mass is 10.1. The molecule has 0 N–H and O–H groups in total. The second-order valence-corrected chi connectivity index (χ2v) is 10.8. The number of rotatable bonds is 2. The van der Waals surface area contributed by atoms with Crippen LogP contribution in [0.5, 0.6) is 0 Å². The molecule has 34 heavy (non-hydrogen) atoms. The van der Waals surface area contributed by atoms with E-state index < -0.39 is 43.7 Å². The molecule has 0 unspecified atom stereocenters. The van der Waals surface area contributed by atoms with Crippen molar-refractivity contribution < 1.29 is 36.0 Å². The Hall–Kier alpha value is -4.16. The van der Waals surface area contributed by atoms with Gasteiger partial charge >= 0.3 is 0 Å². The first-order chi connectivity index (χ1) is 16.1. The van der Waals surface area contributed by atoms with Gasteiger partial charge in [0, 0.05) is 11.1 Å². The Labute approximate surface area is 193 Å². The third-order valence-corrected chi connectivity index (χ3v) is 8.81. The van der Waals surface area contributed by atoms with E-state index in [0.717, 1.165) is 6.07 Å². The van der Waals surface area contributed by atoms with Gasteiger partial charge in [-0.25, -0.2) is 16.8 Å². The smallest absolute Gasteiger partial charge is 0.267 e. The number of imide groups is 2. The van der Waals surface area contributed by atoms with Crippen molar-refractivity contribution in [2.75, 3.05) is 0 Å².